The minimum atomic E-state index is -4.21. The molecule has 0 rings (SSSR count). The maximum absolute atomic E-state index is 11.6. The van der Waals surface area contributed by atoms with E-state index in [1.807, 2.05) is 0 Å². The van der Waals surface area contributed by atoms with Gasteiger partial charge in [-0.25, -0.2) is 0 Å². The Hall–Kier alpha value is -0.250. The molecule has 0 radical (unpaired) electrons. The molecule has 1 nitrogen and oxygen atoms in total. The molecule has 1 atom stereocenters. The van der Waals surface area contributed by atoms with Crippen LogP contribution in [0.1, 0.15) is 20.3 Å². The van der Waals surface area contributed by atoms with Crippen molar-refractivity contribution in [3.8, 4) is 0 Å². The summed E-state index contributed by atoms with van der Waals surface area (Å²) >= 11 is 0. The van der Waals surface area contributed by atoms with Crippen LogP contribution in [0.25, 0.3) is 0 Å². The summed E-state index contributed by atoms with van der Waals surface area (Å²) in [4.78, 5) is 0. The summed E-state index contributed by atoms with van der Waals surface area (Å²) in [6, 6.07) is 0. The molecule has 0 aliphatic rings. The van der Waals surface area contributed by atoms with Gasteiger partial charge in [0.15, 0.2) is 6.10 Å². The normalized spacial score (nSPS) is 15.3. The van der Waals surface area contributed by atoms with Crippen molar-refractivity contribution in [2.75, 3.05) is 6.61 Å². The summed E-state index contributed by atoms with van der Waals surface area (Å²) < 4.78 is 39.4. The largest absolute Gasteiger partial charge is 0.414 e. The third kappa shape index (κ3) is 3.71. The van der Waals surface area contributed by atoms with Crippen molar-refractivity contribution in [2.45, 2.75) is 32.5 Å². The lowest BCUT2D eigenvalue weighted by molar-refractivity contribution is -0.214. The number of rotatable bonds is 3. The zero-order valence-corrected chi connectivity index (χ0v) is 6.03. The first-order valence-electron chi connectivity index (χ1n) is 3.16. The first-order valence-corrected chi connectivity index (χ1v) is 3.16. The third-order valence-corrected chi connectivity index (χ3v) is 1.03. The number of hydrogen-bond acceptors (Lipinski definition) is 1. The summed E-state index contributed by atoms with van der Waals surface area (Å²) in [5, 5.41) is 0. The average molecular weight is 156 g/mol. The molecule has 0 bridgehead atoms. The molecule has 0 aromatic heterocycles. The molecule has 0 saturated heterocycles. The summed E-state index contributed by atoms with van der Waals surface area (Å²) in [5.74, 6) is 0. The molecular formula is C6H11F3O. The molecule has 0 aromatic carbocycles. The van der Waals surface area contributed by atoms with Gasteiger partial charge < -0.3 is 4.74 Å². The summed E-state index contributed by atoms with van der Waals surface area (Å²) in [6.07, 6.45) is -5.23. The Morgan fingerprint density at radius 3 is 2.20 bits per heavy atom. The van der Waals surface area contributed by atoms with Gasteiger partial charge in [-0.2, -0.15) is 13.2 Å². The van der Waals surface area contributed by atoms with Gasteiger partial charge in [-0.1, -0.05) is 6.92 Å². The van der Waals surface area contributed by atoms with Gasteiger partial charge in [-0.3, -0.25) is 0 Å². The molecule has 10 heavy (non-hydrogen) atoms. The maximum atomic E-state index is 11.6. The Balaban J connectivity index is 3.52. The van der Waals surface area contributed by atoms with Gasteiger partial charge >= 0.3 is 6.18 Å². The topological polar surface area (TPSA) is 9.23 Å². The van der Waals surface area contributed by atoms with Crippen molar-refractivity contribution in [1.82, 2.24) is 0 Å². The number of hydrogen-bond donors (Lipinski definition) is 0. The van der Waals surface area contributed by atoms with E-state index in [-0.39, 0.29) is 6.61 Å². The molecule has 62 valence electrons. The Kier molecular flexibility index (Phi) is 3.71. The van der Waals surface area contributed by atoms with E-state index in [1.54, 1.807) is 6.92 Å². The van der Waals surface area contributed by atoms with E-state index in [0.717, 1.165) is 6.92 Å². The zero-order chi connectivity index (χ0) is 8.20. The van der Waals surface area contributed by atoms with Crippen LogP contribution in [0.15, 0.2) is 0 Å². The molecular weight excluding hydrogens is 145 g/mol. The summed E-state index contributed by atoms with van der Waals surface area (Å²) in [6.45, 7) is 2.94. The van der Waals surface area contributed by atoms with E-state index in [2.05, 4.69) is 4.74 Å². The molecule has 0 aliphatic carbocycles. The fraction of sp³-hybridized carbons (Fsp3) is 1.00. The van der Waals surface area contributed by atoms with Crippen molar-refractivity contribution in [3.63, 3.8) is 0 Å². The third-order valence-electron chi connectivity index (χ3n) is 1.03. The van der Waals surface area contributed by atoms with E-state index < -0.39 is 12.3 Å². The Bertz CT molecular complexity index is 89.5. The number of halogens is 3. The minimum absolute atomic E-state index is 0.167. The van der Waals surface area contributed by atoms with Crippen LogP contribution in [0, 0.1) is 0 Å². The molecule has 0 fully saturated rings. The van der Waals surface area contributed by atoms with E-state index in [9.17, 15) is 13.2 Å². The molecule has 0 aliphatic heterocycles. The van der Waals surface area contributed by atoms with Crippen molar-refractivity contribution >= 4 is 0 Å². The predicted molar refractivity (Wildman–Crippen MR) is 31.8 cm³/mol. The Morgan fingerprint density at radius 2 is 1.90 bits per heavy atom. The van der Waals surface area contributed by atoms with Crippen LogP contribution in [0.4, 0.5) is 13.2 Å². The Labute approximate surface area is 58.2 Å². The number of alkyl halides is 3. The lowest BCUT2D eigenvalue weighted by atomic mass is 10.4. The molecule has 0 spiro atoms. The highest BCUT2D eigenvalue weighted by molar-refractivity contribution is 4.59. The lowest BCUT2D eigenvalue weighted by Crippen LogP contribution is -2.28. The fourth-order valence-corrected chi connectivity index (χ4v) is 0.389. The van der Waals surface area contributed by atoms with Crippen molar-refractivity contribution in [1.29, 1.82) is 0 Å². The molecule has 0 unspecified atom stereocenters. The van der Waals surface area contributed by atoms with Gasteiger partial charge in [-0.05, 0) is 13.3 Å². The van der Waals surface area contributed by atoms with Crippen LogP contribution in [0.2, 0.25) is 0 Å². The van der Waals surface area contributed by atoms with Gasteiger partial charge in [0.2, 0.25) is 0 Å². The van der Waals surface area contributed by atoms with E-state index in [0.29, 0.717) is 6.42 Å². The standard InChI is InChI=1S/C6H11F3O/c1-3-4-10-5(2)6(7,8)9/h5H,3-4H2,1-2H3/t5-/m1/s1. The van der Waals surface area contributed by atoms with Crippen LogP contribution in [0.3, 0.4) is 0 Å². The first-order chi connectivity index (χ1) is 4.48. The van der Waals surface area contributed by atoms with Crippen LogP contribution in [-0.4, -0.2) is 18.9 Å². The molecule has 0 aromatic rings. The SMILES string of the molecule is CCCO[C@H](C)C(F)(F)F. The minimum Gasteiger partial charge on any atom is -0.369 e. The zero-order valence-electron chi connectivity index (χ0n) is 6.03. The maximum Gasteiger partial charge on any atom is 0.414 e. The smallest absolute Gasteiger partial charge is 0.369 e. The summed E-state index contributed by atoms with van der Waals surface area (Å²) in [7, 11) is 0. The van der Waals surface area contributed by atoms with Crippen LogP contribution < -0.4 is 0 Å². The van der Waals surface area contributed by atoms with Gasteiger partial charge in [0, 0.05) is 6.61 Å². The highest BCUT2D eigenvalue weighted by Gasteiger charge is 2.36. The van der Waals surface area contributed by atoms with Crippen molar-refractivity contribution in [3.05, 3.63) is 0 Å². The van der Waals surface area contributed by atoms with E-state index in [4.69, 9.17) is 0 Å². The van der Waals surface area contributed by atoms with Crippen molar-refractivity contribution < 1.29 is 17.9 Å². The van der Waals surface area contributed by atoms with E-state index >= 15 is 0 Å². The quantitative estimate of drug-likeness (QED) is 0.609. The molecule has 0 saturated carbocycles. The van der Waals surface area contributed by atoms with E-state index in [1.165, 1.54) is 0 Å². The van der Waals surface area contributed by atoms with Crippen molar-refractivity contribution in [2.24, 2.45) is 0 Å². The summed E-state index contributed by atoms with van der Waals surface area (Å²) in [5.41, 5.74) is 0. The Morgan fingerprint density at radius 1 is 1.40 bits per heavy atom. The fourth-order valence-electron chi connectivity index (χ4n) is 0.389. The molecule has 0 amide bonds. The number of ether oxygens (including phenoxy) is 1. The highest BCUT2D eigenvalue weighted by Crippen LogP contribution is 2.22. The highest BCUT2D eigenvalue weighted by atomic mass is 19.4. The second-order valence-electron chi connectivity index (χ2n) is 2.05. The van der Waals surface area contributed by atoms with Crippen LogP contribution in [-0.2, 0) is 4.74 Å². The van der Waals surface area contributed by atoms with Gasteiger partial charge in [0.05, 0.1) is 0 Å². The molecule has 0 heterocycles. The molecule has 0 N–H and O–H groups in total. The average Bonchev–Trinajstić information content (AvgIpc) is 1.80. The van der Waals surface area contributed by atoms with Gasteiger partial charge in [0.25, 0.3) is 0 Å². The predicted octanol–water partition coefficient (Wildman–Crippen LogP) is 2.36. The van der Waals surface area contributed by atoms with Crippen LogP contribution >= 0.6 is 0 Å². The van der Waals surface area contributed by atoms with Gasteiger partial charge in [0.1, 0.15) is 0 Å². The van der Waals surface area contributed by atoms with Gasteiger partial charge in [-0.15, -0.1) is 0 Å². The first kappa shape index (κ1) is 9.75. The second-order valence-corrected chi connectivity index (χ2v) is 2.05. The van der Waals surface area contributed by atoms with Crippen LogP contribution in [0.5, 0.6) is 0 Å². The molecule has 4 heteroatoms. The second kappa shape index (κ2) is 3.81. The monoisotopic (exact) mass is 156 g/mol. The lowest BCUT2D eigenvalue weighted by Gasteiger charge is -2.15.